The Hall–Kier alpha value is -4.02. The summed E-state index contributed by atoms with van der Waals surface area (Å²) in [5, 5.41) is 13.9. The first-order valence-corrected chi connectivity index (χ1v) is 13.9. The summed E-state index contributed by atoms with van der Waals surface area (Å²) in [6.45, 7) is 4.36. The normalized spacial score (nSPS) is 17.6. The molecule has 2 heterocycles. The van der Waals surface area contributed by atoms with Gasteiger partial charge < -0.3 is 15.3 Å². The van der Waals surface area contributed by atoms with Crippen LogP contribution in [0.25, 0.3) is 0 Å². The summed E-state index contributed by atoms with van der Waals surface area (Å²) >= 11 is 2.84. The van der Waals surface area contributed by atoms with Crippen LogP contribution in [0, 0.1) is 0 Å². The summed E-state index contributed by atoms with van der Waals surface area (Å²) in [6, 6.07) is 19.8. The molecule has 0 saturated carbocycles. The molecule has 0 aromatic heterocycles. The number of amides is 1. The van der Waals surface area contributed by atoms with E-state index >= 15 is 0 Å². The van der Waals surface area contributed by atoms with Gasteiger partial charge in [-0.3, -0.25) is 14.5 Å². The van der Waals surface area contributed by atoms with Crippen LogP contribution in [-0.2, 0) is 11.3 Å². The predicted molar refractivity (Wildman–Crippen MR) is 157 cm³/mol. The van der Waals surface area contributed by atoms with Crippen molar-refractivity contribution in [2.24, 2.45) is 4.99 Å². The van der Waals surface area contributed by atoms with E-state index in [-0.39, 0.29) is 23.8 Å². The molecule has 1 fully saturated rings. The van der Waals surface area contributed by atoms with Gasteiger partial charge in [0.15, 0.2) is 11.0 Å². The topological polar surface area (TPSA) is 102 Å². The molecule has 0 radical (unpaired) electrons. The van der Waals surface area contributed by atoms with Crippen LogP contribution in [0.15, 0.2) is 86.6 Å². The SMILES string of the molecule is CCNc1ccc(C(C)=O)cc1/N=C1/S/C(=C2\Sc3ccccc3N2C)C(=O)N1Cc1ccc(C(=O)O)cc1. The fourth-order valence-electron chi connectivity index (χ4n) is 4.28. The number of amidine groups is 1. The second-order valence-electron chi connectivity index (χ2n) is 8.97. The van der Waals surface area contributed by atoms with Crippen molar-refractivity contribution in [2.45, 2.75) is 25.3 Å². The zero-order chi connectivity index (χ0) is 27.7. The van der Waals surface area contributed by atoms with E-state index in [4.69, 9.17) is 4.99 Å². The maximum Gasteiger partial charge on any atom is 0.335 e. The molecular formula is C29H26N4O4S2. The van der Waals surface area contributed by atoms with Crippen LogP contribution >= 0.6 is 23.5 Å². The molecule has 0 bridgehead atoms. The fraction of sp³-hybridized carbons (Fsp3) is 0.172. The number of ketones is 1. The highest BCUT2D eigenvalue weighted by atomic mass is 32.2. The minimum absolute atomic E-state index is 0.0745. The van der Waals surface area contributed by atoms with E-state index < -0.39 is 5.97 Å². The van der Waals surface area contributed by atoms with Crippen molar-refractivity contribution < 1.29 is 19.5 Å². The Balaban J connectivity index is 1.59. The molecule has 3 aromatic carbocycles. The van der Waals surface area contributed by atoms with Gasteiger partial charge in [0.25, 0.3) is 5.91 Å². The number of nitrogens with one attached hydrogen (secondary N) is 1. The van der Waals surface area contributed by atoms with E-state index in [1.54, 1.807) is 40.9 Å². The third kappa shape index (κ3) is 5.30. The van der Waals surface area contributed by atoms with Gasteiger partial charge in [-0.25, -0.2) is 9.79 Å². The highest BCUT2D eigenvalue weighted by molar-refractivity contribution is 8.19. The number of aromatic carboxylic acids is 1. The number of carboxylic acids is 1. The first-order chi connectivity index (χ1) is 18.8. The molecule has 0 unspecified atom stereocenters. The third-order valence-electron chi connectivity index (χ3n) is 6.32. The van der Waals surface area contributed by atoms with Crippen molar-refractivity contribution in [3.63, 3.8) is 0 Å². The lowest BCUT2D eigenvalue weighted by Crippen LogP contribution is -2.29. The maximum atomic E-state index is 13.9. The third-order valence-corrected chi connectivity index (χ3v) is 8.76. The Bertz CT molecular complexity index is 1550. The molecule has 0 atom stereocenters. The van der Waals surface area contributed by atoms with Gasteiger partial charge in [-0.2, -0.15) is 0 Å². The quantitative estimate of drug-likeness (QED) is 0.261. The molecule has 198 valence electrons. The fourth-order valence-corrected chi connectivity index (χ4v) is 6.62. The van der Waals surface area contributed by atoms with Crippen LogP contribution in [0.5, 0.6) is 0 Å². The Kier molecular flexibility index (Phi) is 7.49. The molecule has 0 spiro atoms. The van der Waals surface area contributed by atoms with Crippen LogP contribution in [-0.4, -0.2) is 46.4 Å². The van der Waals surface area contributed by atoms with E-state index in [1.165, 1.54) is 30.8 Å². The lowest BCUT2D eigenvalue weighted by Gasteiger charge is -2.17. The molecule has 8 nitrogen and oxygen atoms in total. The number of carbonyl (C=O) groups excluding carboxylic acids is 2. The van der Waals surface area contributed by atoms with Gasteiger partial charge in [0, 0.05) is 24.1 Å². The van der Waals surface area contributed by atoms with Crippen molar-refractivity contribution >= 4 is 63.4 Å². The first-order valence-electron chi connectivity index (χ1n) is 12.3. The highest BCUT2D eigenvalue weighted by Gasteiger charge is 2.39. The van der Waals surface area contributed by atoms with Crippen LogP contribution < -0.4 is 10.2 Å². The van der Waals surface area contributed by atoms with E-state index in [1.807, 2.05) is 49.2 Å². The number of aliphatic imine (C=N–C) groups is 1. The molecule has 5 rings (SSSR count). The van der Waals surface area contributed by atoms with Crippen molar-refractivity contribution in [3.05, 3.63) is 93.4 Å². The molecule has 2 aliphatic heterocycles. The van der Waals surface area contributed by atoms with Crippen LogP contribution in [0.4, 0.5) is 17.1 Å². The summed E-state index contributed by atoms with van der Waals surface area (Å²) < 4.78 is 0. The smallest absolute Gasteiger partial charge is 0.335 e. The number of hydrogen-bond donors (Lipinski definition) is 2. The Labute approximate surface area is 234 Å². The van der Waals surface area contributed by atoms with Crippen molar-refractivity contribution in [1.29, 1.82) is 0 Å². The number of hydrogen-bond acceptors (Lipinski definition) is 8. The largest absolute Gasteiger partial charge is 0.478 e. The van der Waals surface area contributed by atoms with E-state index in [0.717, 1.165) is 26.9 Å². The summed E-state index contributed by atoms with van der Waals surface area (Å²) in [5.41, 5.74) is 3.83. The van der Waals surface area contributed by atoms with Gasteiger partial charge in [0.1, 0.15) is 4.91 Å². The zero-order valence-electron chi connectivity index (χ0n) is 21.6. The Morgan fingerprint density at radius 1 is 1.00 bits per heavy atom. The van der Waals surface area contributed by atoms with Gasteiger partial charge in [-0.05, 0) is 73.6 Å². The van der Waals surface area contributed by atoms with Gasteiger partial charge in [-0.1, -0.05) is 36.0 Å². The highest BCUT2D eigenvalue weighted by Crippen LogP contribution is 2.50. The number of rotatable bonds is 7. The van der Waals surface area contributed by atoms with Crippen molar-refractivity contribution in [3.8, 4) is 0 Å². The molecule has 0 aliphatic carbocycles. The molecule has 39 heavy (non-hydrogen) atoms. The number of para-hydroxylation sites is 1. The number of thioether (sulfide) groups is 2. The number of carboxylic acid groups (broad SMARTS) is 1. The van der Waals surface area contributed by atoms with E-state index in [9.17, 15) is 19.5 Å². The van der Waals surface area contributed by atoms with Crippen molar-refractivity contribution in [1.82, 2.24) is 4.90 Å². The van der Waals surface area contributed by atoms with Crippen LogP contribution in [0.2, 0.25) is 0 Å². The predicted octanol–water partition coefficient (Wildman–Crippen LogP) is 6.19. The average molecular weight is 559 g/mol. The van der Waals surface area contributed by atoms with Gasteiger partial charge >= 0.3 is 5.97 Å². The molecule has 2 aliphatic rings. The second-order valence-corrected chi connectivity index (χ2v) is 11.0. The number of anilines is 2. The van der Waals surface area contributed by atoms with Gasteiger partial charge in [-0.15, -0.1) is 0 Å². The number of nitrogens with zero attached hydrogens (tertiary/aromatic N) is 3. The molecule has 2 N–H and O–H groups in total. The second kappa shape index (κ2) is 11.0. The lowest BCUT2D eigenvalue weighted by atomic mass is 10.1. The number of fused-ring (bicyclic) bond motifs is 1. The summed E-state index contributed by atoms with van der Waals surface area (Å²) in [5.74, 6) is -1.27. The number of carbonyl (C=O) groups is 3. The van der Waals surface area contributed by atoms with E-state index in [2.05, 4.69) is 5.32 Å². The molecule has 10 heteroatoms. The summed E-state index contributed by atoms with van der Waals surface area (Å²) in [4.78, 5) is 47.5. The number of Topliss-reactive ketones (excluding diaryl/α,β-unsaturated/α-hetero) is 1. The van der Waals surface area contributed by atoms with Crippen LogP contribution in [0.1, 0.15) is 40.1 Å². The Morgan fingerprint density at radius 3 is 2.38 bits per heavy atom. The van der Waals surface area contributed by atoms with Crippen molar-refractivity contribution in [2.75, 3.05) is 23.8 Å². The zero-order valence-corrected chi connectivity index (χ0v) is 23.2. The first kappa shape index (κ1) is 26.6. The molecule has 1 saturated heterocycles. The minimum Gasteiger partial charge on any atom is -0.478 e. The Morgan fingerprint density at radius 2 is 1.72 bits per heavy atom. The summed E-state index contributed by atoms with van der Waals surface area (Å²) in [6.07, 6.45) is 0. The summed E-state index contributed by atoms with van der Waals surface area (Å²) in [7, 11) is 1.94. The maximum absolute atomic E-state index is 13.9. The minimum atomic E-state index is -1.01. The van der Waals surface area contributed by atoms with E-state index in [0.29, 0.717) is 27.9 Å². The van der Waals surface area contributed by atoms with Gasteiger partial charge in [0.05, 0.1) is 34.2 Å². The number of benzene rings is 3. The molecular weight excluding hydrogens is 532 g/mol. The average Bonchev–Trinajstić information content (AvgIpc) is 3.41. The monoisotopic (exact) mass is 558 g/mol. The van der Waals surface area contributed by atoms with Gasteiger partial charge in [0.2, 0.25) is 0 Å². The standard InChI is InChI=1S/C29H26N4O4S2/c1-4-30-21-14-13-20(17(2)34)15-22(21)31-29-33(16-18-9-11-19(12-10-18)28(36)37)26(35)25(39-29)27-32(3)23-7-5-6-8-24(23)38-27/h5-15,30H,4,16H2,1-3H3,(H,36,37)/b27-25-,31-29+. The lowest BCUT2D eigenvalue weighted by molar-refractivity contribution is -0.122. The molecule has 1 amide bonds. The van der Waals surface area contributed by atoms with Crippen LogP contribution in [0.3, 0.4) is 0 Å². The molecule has 3 aromatic rings.